The van der Waals surface area contributed by atoms with Crippen molar-refractivity contribution in [1.29, 1.82) is 0 Å². The van der Waals surface area contributed by atoms with Gasteiger partial charge >= 0.3 is 0 Å². The molecular weight excluding hydrogens is 528 g/mol. The van der Waals surface area contributed by atoms with Crippen LogP contribution in [0.1, 0.15) is 49.8 Å². The van der Waals surface area contributed by atoms with E-state index in [9.17, 15) is 34.8 Å². The smallest absolute Gasteiger partial charge is 0.255 e. The van der Waals surface area contributed by atoms with Crippen LogP contribution in [0, 0.1) is 17.3 Å². The topological polar surface area (TPSA) is 177 Å². The van der Waals surface area contributed by atoms with Gasteiger partial charge in [0.1, 0.15) is 22.8 Å². The molecule has 0 radical (unpaired) electrons. The van der Waals surface area contributed by atoms with Gasteiger partial charge in [0.05, 0.1) is 11.6 Å². The second-order valence-corrected chi connectivity index (χ2v) is 13.1. The number of benzene rings is 1. The summed E-state index contributed by atoms with van der Waals surface area (Å²) in [5, 5.41) is 49.4. The molecule has 0 heterocycles. The van der Waals surface area contributed by atoms with Crippen molar-refractivity contribution in [1.82, 2.24) is 10.2 Å². The highest BCUT2D eigenvalue weighted by molar-refractivity contribution is 6.24. The lowest BCUT2D eigenvalue weighted by Crippen LogP contribution is -2.65. The minimum absolute atomic E-state index is 0.0550. The maximum Gasteiger partial charge on any atom is 0.255 e. The van der Waals surface area contributed by atoms with E-state index >= 15 is 0 Å². The molecule has 11 heteroatoms. The van der Waals surface area contributed by atoms with Crippen molar-refractivity contribution in [3.8, 4) is 5.75 Å². The van der Waals surface area contributed by atoms with Gasteiger partial charge in [0.2, 0.25) is 5.78 Å². The Kier molecular flexibility index (Phi) is 6.79. The van der Waals surface area contributed by atoms with Crippen molar-refractivity contribution >= 4 is 28.9 Å². The van der Waals surface area contributed by atoms with Gasteiger partial charge in [-0.05, 0) is 62.7 Å². The first kappa shape index (κ1) is 29.1. The fourth-order valence-corrected chi connectivity index (χ4v) is 7.36. The van der Waals surface area contributed by atoms with Gasteiger partial charge in [-0.15, -0.1) is 0 Å². The number of amides is 1. The molecule has 5 atom stereocenters. The highest BCUT2D eigenvalue weighted by atomic mass is 16.3. The van der Waals surface area contributed by atoms with Crippen LogP contribution in [0.2, 0.25) is 0 Å². The van der Waals surface area contributed by atoms with Gasteiger partial charge in [-0.2, -0.15) is 0 Å². The van der Waals surface area contributed by atoms with Crippen molar-refractivity contribution in [3.05, 3.63) is 39.7 Å². The summed E-state index contributed by atoms with van der Waals surface area (Å²) < 4.78 is 0. The molecule has 11 nitrogen and oxygen atoms in total. The molecule has 0 aromatic heterocycles. The molecule has 0 saturated heterocycles. The number of phenolic OH excluding ortho intramolecular Hbond substituents is 1. The van der Waals surface area contributed by atoms with Crippen LogP contribution < -0.4 is 16.0 Å². The molecule has 0 aliphatic heterocycles. The van der Waals surface area contributed by atoms with Crippen LogP contribution in [0.5, 0.6) is 5.75 Å². The van der Waals surface area contributed by atoms with Crippen molar-refractivity contribution in [2.24, 2.45) is 23.0 Å². The van der Waals surface area contributed by atoms with Crippen LogP contribution in [-0.2, 0) is 27.3 Å². The number of aliphatic hydroxyl groups is 3. The lowest BCUT2D eigenvalue weighted by Gasteiger charge is -2.50. The summed E-state index contributed by atoms with van der Waals surface area (Å²) in [6.07, 6.45) is 2.42. The highest BCUT2D eigenvalue weighted by Crippen LogP contribution is 2.54. The van der Waals surface area contributed by atoms with Gasteiger partial charge in [-0.1, -0.05) is 13.8 Å². The van der Waals surface area contributed by atoms with Gasteiger partial charge in [-0.3, -0.25) is 19.3 Å². The second kappa shape index (κ2) is 9.57. The van der Waals surface area contributed by atoms with E-state index in [1.807, 2.05) is 25.1 Å². The second-order valence-electron chi connectivity index (χ2n) is 13.1. The number of hydrogen-bond acceptors (Lipinski definition) is 10. The number of phenols is 1. The third-order valence-corrected chi connectivity index (χ3v) is 9.82. The molecule has 1 aromatic rings. The number of carbonyl (C=O) groups is 3. The van der Waals surface area contributed by atoms with Crippen LogP contribution in [0.4, 0.5) is 5.69 Å². The summed E-state index contributed by atoms with van der Waals surface area (Å²) in [6.45, 7) is 4.71. The number of aliphatic hydroxyl groups excluding tert-OH is 2. The molecule has 41 heavy (non-hydrogen) atoms. The maximum atomic E-state index is 14.1. The van der Waals surface area contributed by atoms with E-state index in [0.717, 1.165) is 18.5 Å². The number of anilines is 1. The largest absolute Gasteiger partial charge is 0.508 e. The Morgan fingerprint density at radius 2 is 1.80 bits per heavy atom. The molecule has 1 aromatic carbocycles. The molecule has 7 N–H and O–H groups in total. The zero-order valence-corrected chi connectivity index (χ0v) is 24.4. The Bertz CT molecular complexity index is 1430. The van der Waals surface area contributed by atoms with Crippen molar-refractivity contribution in [2.75, 3.05) is 33.1 Å². The quantitative estimate of drug-likeness (QED) is 0.274. The van der Waals surface area contributed by atoms with Gasteiger partial charge in [0.15, 0.2) is 11.4 Å². The molecule has 5 rings (SSSR count). The Balaban J connectivity index is 1.66. The lowest BCUT2D eigenvalue weighted by molar-refractivity contribution is -0.153. The average Bonchev–Trinajstić information content (AvgIpc) is 2.86. The summed E-state index contributed by atoms with van der Waals surface area (Å²) in [7, 11) is 6.87. The van der Waals surface area contributed by atoms with Crippen LogP contribution in [0.15, 0.2) is 23.0 Å². The molecule has 4 aliphatic carbocycles. The fraction of sp³-hybridized carbons (Fsp3) is 0.567. The van der Waals surface area contributed by atoms with Crippen LogP contribution in [-0.4, -0.2) is 88.7 Å². The Morgan fingerprint density at radius 1 is 1.15 bits per heavy atom. The normalized spacial score (nSPS) is 30.5. The molecule has 0 bridgehead atoms. The average molecular weight is 569 g/mol. The lowest BCUT2D eigenvalue weighted by atomic mass is 9.57. The van der Waals surface area contributed by atoms with Crippen molar-refractivity contribution < 1.29 is 34.8 Å². The molecule has 1 amide bonds. The zero-order valence-electron chi connectivity index (χ0n) is 24.4. The minimum atomic E-state index is -2.65. The van der Waals surface area contributed by atoms with Crippen LogP contribution >= 0.6 is 0 Å². The summed E-state index contributed by atoms with van der Waals surface area (Å²) in [4.78, 5) is 42.9. The third-order valence-electron chi connectivity index (χ3n) is 9.82. The number of carbonyl (C=O) groups excluding carboxylic acids is 3. The Morgan fingerprint density at radius 3 is 2.32 bits per heavy atom. The Hall–Kier alpha value is -3.41. The number of fused-ring (bicyclic) bond motifs is 3. The monoisotopic (exact) mass is 568 g/mol. The van der Waals surface area contributed by atoms with E-state index in [2.05, 4.69) is 19.2 Å². The summed E-state index contributed by atoms with van der Waals surface area (Å²) in [5.74, 6) is -6.49. The van der Waals surface area contributed by atoms with E-state index in [-0.39, 0.29) is 41.2 Å². The third kappa shape index (κ3) is 4.08. The summed E-state index contributed by atoms with van der Waals surface area (Å²) >= 11 is 0. The molecule has 222 valence electrons. The first-order chi connectivity index (χ1) is 19.0. The first-order valence-corrected chi connectivity index (χ1v) is 14.0. The minimum Gasteiger partial charge on any atom is -0.508 e. The van der Waals surface area contributed by atoms with Gasteiger partial charge in [0, 0.05) is 49.4 Å². The molecule has 1 unspecified atom stereocenters. The summed E-state index contributed by atoms with van der Waals surface area (Å²) in [6, 6.07) is 1.04. The van der Waals surface area contributed by atoms with E-state index in [0.29, 0.717) is 17.7 Å². The number of hydrogen-bond donors (Lipinski definition) is 6. The number of Topliss-reactive ketones (excluding diaryl/α,β-unsaturated/α-hetero) is 2. The number of nitrogens with zero attached hydrogens (tertiary/aromatic N) is 2. The van der Waals surface area contributed by atoms with E-state index in [1.54, 1.807) is 14.1 Å². The fourth-order valence-electron chi connectivity index (χ4n) is 7.36. The van der Waals surface area contributed by atoms with Gasteiger partial charge < -0.3 is 36.4 Å². The number of nitrogens with one attached hydrogen (secondary N) is 1. The van der Waals surface area contributed by atoms with E-state index in [1.165, 1.54) is 4.90 Å². The number of nitrogens with two attached hydrogens (primary N) is 1. The number of aromatic hydroxyl groups is 1. The molecule has 4 aliphatic rings. The predicted octanol–water partition coefficient (Wildman–Crippen LogP) is 1.31. The van der Waals surface area contributed by atoms with Gasteiger partial charge in [-0.25, -0.2) is 0 Å². The number of rotatable bonds is 6. The van der Waals surface area contributed by atoms with E-state index in [4.69, 9.17) is 5.73 Å². The standard InChI is InChI=1S/C30H40N4O7/c1-29(2)8-7-18(29)32-12-14-11-17(33(3)4)15-9-13-10-16-22(34(5)6)25(37)21(28(31)40)27(39)30(16,41)26(38)19(13)24(36)20(15)23(14)35/h11,13,16,18,22,32,35-36,39,41H,7-10,12H2,1-6H3,(H2,31,40)/t13-,16-,18?,22-,30-/m0/s1. The number of ketones is 2. The first-order valence-electron chi connectivity index (χ1n) is 14.0. The predicted molar refractivity (Wildman–Crippen MR) is 152 cm³/mol. The van der Waals surface area contributed by atoms with Crippen LogP contribution in [0.25, 0.3) is 5.76 Å². The van der Waals surface area contributed by atoms with E-state index < -0.39 is 58.0 Å². The van der Waals surface area contributed by atoms with Crippen molar-refractivity contribution in [2.45, 2.75) is 63.8 Å². The maximum absolute atomic E-state index is 14.1. The zero-order chi connectivity index (χ0) is 30.3. The van der Waals surface area contributed by atoms with Gasteiger partial charge in [0.25, 0.3) is 5.91 Å². The molecule has 2 saturated carbocycles. The molecule has 2 fully saturated rings. The summed E-state index contributed by atoms with van der Waals surface area (Å²) in [5.41, 5.74) is 3.98. The number of primary amides is 1. The van der Waals surface area contributed by atoms with Crippen LogP contribution in [0.3, 0.4) is 0 Å². The number of likely N-dealkylation sites (N-methyl/N-ethyl adjacent to an activating group) is 1. The van der Waals surface area contributed by atoms with Crippen molar-refractivity contribution in [3.63, 3.8) is 0 Å². The Labute approximate surface area is 239 Å². The highest BCUT2D eigenvalue weighted by Gasteiger charge is 2.64. The SMILES string of the molecule is CN(C)c1cc(CNC2CCC2(C)C)c(O)c2c1C[C@H]1C[C@H]3[C@H](N(C)C)C(=O)C(C(N)=O)=C(O)[C@@]3(O)C(=O)C1=C2O. The molecule has 0 spiro atoms. The molecular formula is C30H40N4O7.